The predicted molar refractivity (Wildman–Crippen MR) is 138 cm³/mol. The number of allylic oxidation sites excluding steroid dienone is 2. The molecular weight excluding hydrogens is 506 g/mol. The molecule has 1 aliphatic heterocycles. The Bertz CT molecular complexity index is 1390. The van der Waals surface area contributed by atoms with Crippen LogP contribution in [0.3, 0.4) is 0 Å². The van der Waals surface area contributed by atoms with Crippen LogP contribution >= 0.6 is 15.9 Å². The lowest BCUT2D eigenvalue weighted by Crippen LogP contribution is -2.29. The second-order valence-corrected chi connectivity index (χ2v) is 9.35. The molecule has 0 aromatic heterocycles. The number of carbonyl (C=O) groups is 2. The van der Waals surface area contributed by atoms with Gasteiger partial charge in [-0.2, -0.15) is 0 Å². The van der Waals surface area contributed by atoms with Gasteiger partial charge < -0.3 is 14.8 Å². The SMILES string of the molecule is CCOC(=O)C1=C(C)NC2=C(C(=O)c3ccccc32)[C@H]1c1ccccc1OCc1ccc(Br)cc1. The first kappa shape index (κ1) is 23.1. The van der Waals surface area contributed by atoms with Crippen LogP contribution in [0.2, 0.25) is 0 Å². The number of benzene rings is 3. The highest BCUT2D eigenvalue weighted by molar-refractivity contribution is 9.10. The zero-order valence-corrected chi connectivity index (χ0v) is 21.0. The second-order valence-electron chi connectivity index (χ2n) is 8.43. The molecule has 2 aliphatic rings. The standard InChI is InChI=1S/C29H24BrNO4/c1-3-34-29(33)24-17(2)31-27-20-8-4-5-9-21(20)28(32)26(27)25(24)22-10-6-7-11-23(22)35-16-18-12-14-19(30)15-13-18/h4-15,25,31H,3,16H2,1-2H3/t25-/m0/s1. The Hall–Kier alpha value is -3.64. The number of halogens is 1. The maximum atomic E-state index is 13.7. The largest absolute Gasteiger partial charge is 0.489 e. The van der Waals surface area contributed by atoms with Gasteiger partial charge in [0.25, 0.3) is 0 Å². The van der Waals surface area contributed by atoms with Gasteiger partial charge >= 0.3 is 5.97 Å². The maximum Gasteiger partial charge on any atom is 0.336 e. The van der Waals surface area contributed by atoms with Crippen LogP contribution in [0.1, 0.15) is 46.8 Å². The molecule has 1 atom stereocenters. The van der Waals surface area contributed by atoms with Gasteiger partial charge in [-0.1, -0.05) is 70.5 Å². The Kier molecular flexibility index (Phi) is 6.31. The molecule has 1 heterocycles. The van der Waals surface area contributed by atoms with Gasteiger partial charge in [-0.25, -0.2) is 4.79 Å². The van der Waals surface area contributed by atoms with E-state index in [4.69, 9.17) is 9.47 Å². The molecule has 0 radical (unpaired) electrons. The highest BCUT2D eigenvalue weighted by atomic mass is 79.9. The number of fused-ring (bicyclic) bond motifs is 2. The Labute approximate surface area is 212 Å². The van der Waals surface area contributed by atoms with Crippen LogP contribution in [0.4, 0.5) is 0 Å². The van der Waals surface area contributed by atoms with Crippen LogP contribution in [0.25, 0.3) is 5.70 Å². The molecule has 1 aliphatic carbocycles. The number of ether oxygens (including phenoxy) is 2. The van der Waals surface area contributed by atoms with Crippen molar-refractivity contribution in [1.29, 1.82) is 0 Å². The fraction of sp³-hybridized carbons (Fsp3) is 0.172. The van der Waals surface area contributed by atoms with Crippen molar-refractivity contribution in [1.82, 2.24) is 5.32 Å². The molecule has 5 nitrogen and oxygen atoms in total. The molecule has 0 amide bonds. The van der Waals surface area contributed by atoms with Gasteiger partial charge in [-0.05, 0) is 37.6 Å². The third-order valence-electron chi connectivity index (χ3n) is 6.28. The summed E-state index contributed by atoms with van der Waals surface area (Å²) in [5.74, 6) is -0.538. The number of Topliss-reactive ketones (excluding diaryl/α,β-unsaturated/α-hetero) is 1. The summed E-state index contributed by atoms with van der Waals surface area (Å²) in [7, 11) is 0. The van der Waals surface area contributed by atoms with Crippen molar-refractivity contribution in [3.63, 3.8) is 0 Å². The summed E-state index contributed by atoms with van der Waals surface area (Å²) in [6.07, 6.45) is 0. The van der Waals surface area contributed by atoms with Crippen molar-refractivity contribution >= 4 is 33.4 Å². The molecule has 6 heteroatoms. The van der Waals surface area contributed by atoms with Crippen LogP contribution in [0.15, 0.2) is 94.1 Å². The Morgan fingerprint density at radius 1 is 0.971 bits per heavy atom. The molecule has 1 N–H and O–H groups in total. The van der Waals surface area contributed by atoms with Crippen LogP contribution in [0, 0.1) is 0 Å². The van der Waals surface area contributed by atoms with Gasteiger partial charge in [0.05, 0.1) is 23.8 Å². The van der Waals surface area contributed by atoms with Crippen LogP contribution in [0.5, 0.6) is 5.75 Å². The summed E-state index contributed by atoms with van der Waals surface area (Å²) in [6, 6.07) is 23.0. The molecule has 0 saturated heterocycles. The molecule has 0 spiro atoms. The molecular formula is C29H24BrNO4. The quantitative estimate of drug-likeness (QED) is 0.387. The highest BCUT2D eigenvalue weighted by Crippen LogP contribution is 2.48. The molecule has 5 rings (SSSR count). The monoisotopic (exact) mass is 529 g/mol. The Morgan fingerprint density at radius 2 is 1.66 bits per heavy atom. The number of para-hydroxylation sites is 1. The number of rotatable bonds is 6. The average Bonchev–Trinajstić information content (AvgIpc) is 3.15. The third-order valence-corrected chi connectivity index (χ3v) is 6.81. The first-order chi connectivity index (χ1) is 17.0. The van der Waals surface area contributed by atoms with E-state index in [1.54, 1.807) is 6.92 Å². The number of hydrogen-bond acceptors (Lipinski definition) is 5. The molecule has 3 aromatic carbocycles. The van der Waals surface area contributed by atoms with Crippen molar-refractivity contribution in [3.05, 3.63) is 116 Å². The van der Waals surface area contributed by atoms with E-state index in [0.29, 0.717) is 34.8 Å². The molecule has 35 heavy (non-hydrogen) atoms. The minimum atomic E-state index is -0.619. The van der Waals surface area contributed by atoms with E-state index >= 15 is 0 Å². The van der Waals surface area contributed by atoms with Crippen molar-refractivity contribution in [2.45, 2.75) is 26.4 Å². The molecule has 0 bridgehead atoms. The van der Waals surface area contributed by atoms with Gasteiger partial charge in [0.2, 0.25) is 0 Å². The summed E-state index contributed by atoms with van der Waals surface area (Å²) >= 11 is 3.45. The van der Waals surface area contributed by atoms with Crippen LogP contribution in [-0.4, -0.2) is 18.4 Å². The van der Waals surface area contributed by atoms with Crippen molar-refractivity contribution < 1.29 is 19.1 Å². The van der Waals surface area contributed by atoms with E-state index in [-0.39, 0.29) is 12.4 Å². The average molecular weight is 530 g/mol. The number of esters is 1. The Balaban J connectivity index is 1.61. The van der Waals surface area contributed by atoms with Crippen molar-refractivity contribution in [3.8, 4) is 5.75 Å². The number of dihydropyridines is 1. The lowest BCUT2D eigenvalue weighted by atomic mass is 9.79. The van der Waals surface area contributed by atoms with E-state index < -0.39 is 11.9 Å². The third kappa shape index (κ3) is 4.19. The second kappa shape index (κ2) is 9.55. The van der Waals surface area contributed by atoms with Gasteiger partial charge in [0, 0.05) is 32.4 Å². The summed E-state index contributed by atoms with van der Waals surface area (Å²) in [6.45, 7) is 4.21. The predicted octanol–water partition coefficient (Wildman–Crippen LogP) is 6.16. The minimum absolute atomic E-state index is 0.0925. The minimum Gasteiger partial charge on any atom is -0.489 e. The molecule has 0 fully saturated rings. The topological polar surface area (TPSA) is 64.6 Å². The van der Waals surface area contributed by atoms with Gasteiger partial charge in [-0.15, -0.1) is 0 Å². The molecule has 176 valence electrons. The molecule has 3 aromatic rings. The summed E-state index contributed by atoms with van der Waals surface area (Å²) in [5.41, 5.74) is 5.60. The van der Waals surface area contributed by atoms with Crippen LogP contribution in [-0.2, 0) is 16.1 Å². The lowest BCUT2D eigenvalue weighted by Gasteiger charge is -2.30. The first-order valence-electron chi connectivity index (χ1n) is 11.5. The number of nitrogens with one attached hydrogen (secondary N) is 1. The number of carbonyl (C=O) groups excluding carboxylic acids is 2. The van der Waals surface area contributed by atoms with Gasteiger partial charge in [0.1, 0.15) is 12.4 Å². The lowest BCUT2D eigenvalue weighted by molar-refractivity contribution is -0.138. The fourth-order valence-corrected chi connectivity index (χ4v) is 4.98. The van der Waals surface area contributed by atoms with Gasteiger partial charge in [-0.3, -0.25) is 4.79 Å². The van der Waals surface area contributed by atoms with E-state index in [0.717, 1.165) is 26.9 Å². The summed E-state index contributed by atoms with van der Waals surface area (Å²) in [5, 5.41) is 3.33. The van der Waals surface area contributed by atoms with E-state index in [1.165, 1.54) is 0 Å². The maximum absolute atomic E-state index is 13.7. The summed E-state index contributed by atoms with van der Waals surface area (Å²) in [4.78, 5) is 26.8. The fourth-order valence-electron chi connectivity index (χ4n) is 4.71. The van der Waals surface area contributed by atoms with Crippen molar-refractivity contribution in [2.75, 3.05) is 6.61 Å². The van der Waals surface area contributed by atoms with Crippen LogP contribution < -0.4 is 10.1 Å². The summed E-state index contributed by atoms with van der Waals surface area (Å²) < 4.78 is 12.7. The number of hydrogen-bond donors (Lipinski definition) is 1. The Morgan fingerprint density at radius 3 is 2.40 bits per heavy atom. The molecule has 0 unspecified atom stereocenters. The zero-order chi connectivity index (χ0) is 24.5. The zero-order valence-electron chi connectivity index (χ0n) is 19.4. The van der Waals surface area contributed by atoms with E-state index in [1.807, 2.05) is 79.7 Å². The van der Waals surface area contributed by atoms with E-state index in [9.17, 15) is 9.59 Å². The molecule has 0 saturated carbocycles. The van der Waals surface area contributed by atoms with Crippen molar-refractivity contribution in [2.24, 2.45) is 0 Å². The van der Waals surface area contributed by atoms with E-state index in [2.05, 4.69) is 21.2 Å². The normalized spacial score (nSPS) is 16.5. The smallest absolute Gasteiger partial charge is 0.336 e. The number of ketones is 1. The highest BCUT2D eigenvalue weighted by Gasteiger charge is 2.43. The first-order valence-corrected chi connectivity index (χ1v) is 12.3. The van der Waals surface area contributed by atoms with Gasteiger partial charge in [0.15, 0.2) is 5.78 Å².